The number of fused-ring (bicyclic) bond motifs is 2. The van der Waals surface area contributed by atoms with Gasteiger partial charge in [0.25, 0.3) is 0 Å². The maximum Gasteiger partial charge on any atom is 0.158 e. The second kappa shape index (κ2) is 9.83. The maximum absolute atomic E-state index is 10.3. The van der Waals surface area contributed by atoms with Crippen molar-refractivity contribution >= 4 is 58.4 Å². The summed E-state index contributed by atoms with van der Waals surface area (Å²) < 4.78 is 0. The van der Waals surface area contributed by atoms with Gasteiger partial charge in [-0.15, -0.1) is 36.2 Å². The summed E-state index contributed by atoms with van der Waals surface area (Å²) in [5.41, 5.74) is 2.19. The fraction of sp³-hybridized carbons (Fsp3) is 0.524. The second-order valence-electron chi connectivity index (χ2n) is 8.58. The van der Waals surface area contributed by atoms with Gasteiger partial charge in [-0.25, -0.2) is 9.98 Å². The number of aromatic nitrogens is 1. The van der Waals surface area contributed by atoms with Crippen molar-refractivity contribution in [2.45, 2.75) is 51.7 Å². The zero-order valence-corrected chi connectivity index (χ0v) is 20.3. The highest BCUT2D eigenvalue weighted by molar-refractivity contribution is 7.16. The number of hydrogen-bond donors (Lipinski definition) is 3. The van der Waals surface area contributed by atoms with Crippen LogP contribution in [-0.2, 0) is 0 Å². The molecule has 0 aliphatic carbocycles. The van der Waals surface area contributed by atoms with Crippen molar-refractivity contribution in [3.05, 3.63) is 35.0 Å². The minimum absolute atomic E-state index is 0. The van der Waals surface area contributed by atoms with Gasteiger partial charge in [0.2, 0.25) is 0 Å². The number of halogens is 2. The summed E-state index contributed by atoms with van der Waals surface area (Å²) in [6.07, 6.45) is 0.701. The first-order chi connectivity index (χ1) is 13.3. The predicted molar refractivity (Wildman–Crippen MR) is 131 cm³/mol. The van der Waals surface area contributed by atoms with Crippen LogP contribution in [0.2, 0.25) is 0 Å². The number of piperazine rings is 1. The number of nitrogens with zero attached hydrogens (tertiary/aromatic N) is 3. The average molecular weight is 472 g/mol. The molecule has 6 nitrogen and oxygen atoms in total. The Labute approximate surface area is 195 Å². The summed E-state index contributed by atoms with van der Waals surface area (Å²) in [6, 6.07) is 8.37. The first kappa shape index (κ1) is 24.9. The molecule has 0 unspecified atom stereocenters. The van der Waals surface area contributed by atoms with Crippen molar-refractivity contribution in [3.8, 4) is 0 Å². The van der Waals surface area contributed by atoms with Gasteiger partial charge in [-0.2, -0.15) is 0 Å². The fourth-order valence-corrected chi connectivity index (χ4v) is 4.74. The zero-order valence-electron chi connectivity index (χ0n) is 17.8. The van der Waals surface area contributed by atoms with Crippen LogP contribution in [0.1, 0.15) is 50.7 Å². The SMILES string of the molecule is CC(C)c1nc2c(s1)Nc1ccccc1N=C2N1CCN[C@@H](CC(C)(C)O)C1.Cl.Cl. The number of anilines is 2. The van der Waals surface area contributed by atoms with Gasteiger partial charge in [0.1, 0.15) is 10.7 Å². The number of aliphatic hydroxyl groups is 1. The van der Waals surface area contributed by atoms with Gasteiger partial charge < -0.3 is 20.6 Å². The summed E-state index contributed by atoms with van der Waals surface area (Å²) in [5, 5.41) is 19.5. The van der Waals surface area contributed by atoms with Crippen LogP contribution in [0.4, 0.5) is 16.4 Å². The molecule has 3 N–H and O–H groups in total. The van der Waals surface area contributed by atoms with Crippen molar-refractivity contribution in [1.82, 2.24) is 15.2 Å². The van der Waals surface area contributed by atoms with E-state index < -0.39 is 5.60 Å². The molecule has 0 spiro atoms. The minimum Gasteiger partial charge on any atom is -0.390 e. The van der Waals surface area contributed by atoms with Gasteiger partial charge in [0, 0.05) is 31.6 Å². The summed E-state index contributed by atoms with van der Waals surface area (Å²) >= 11 is 1.71. The highest BCUT2D eigenvalue weighted by Gasteiger charge is 2.31. The van der Waals surface area contributed by atoms with Crippen LogP contribution in [0.15, 0.2) is 29.3 Å². The topological polar surface area (TPSA) is 72.8 Å². The number of nitrogens with one attached hydrogen (secondary N) is 2. The lowest BCUT2D eigenvalue weighted by Gasteiger charge is -2.37. The molecule has 0 bridgehead atoms. The third-order valence-corrected chi connectivity index (χ3v) is 6.30. The van der Waals surface area contributed by atoms with Crippen LogP contribution in [0.25, 0.3) is 0 Å². The number of amidine groups is 1. The Morgan fingerprint density at radius 3 is 2.70 bits per heavy atom. The number of para-hydroxylation sites is 2. The monoisotopic (exact) mass is 471 g/mol. The molecule has 9 heteroatoms. The van der Waals surface area contributed by atoms with E-state index in [2.05, 4.69) is 35.4 Å². The Bertz CT molecular complexity index is 894. The van der Waals surface area contributed by atoms with Crippen molar-refractivity contribution in [2.75, 3.05) is 25.0 Å². The molecule has 166 valence electrons. The molecular formula is C21H31Cl2N5OS. The third-order valence-electron chi connectivity index (χ3n) is 5.03. The summed E-state index contributed by atoms with van der Waals surface area (Å²) in [4.78, 5) is 12.3. The molecule has 30 heavy (non-hydrogen) atoms. The Morgan fingerprint density at radius 1 is 1.27 bits per heavy atom. The highest BCUT2D eigenvalue weighted by atomic mass is 35.5. The van der Waals surface area contributed by atoms with E-state index in [1.807, 2.05) is 32.0 Å². The van der Waals surface area contributed by atoms with E-state index in [4.69, 9.17) is 9.98 Å². The number of hydrogen-bond acceptors (Lipinski definition) is 7. The molecule has 3 heterocycles. The van der Waals surface area contributed by atoms with Crippen molar-refractivity contribution < 1.29 is 5.11 Å². The summed E-state index contributed by atoms with van der Waals surface area (Å²) in [7, 11) is 0. The van der Waals surface area contributed by atoms with Gasteiger partial charge >= 0.3 is 0 Å². The average Bonchev–Trinajstić information content (AvgIpc) is 2.97. The summed E-state index contributed by atoms with van der Waals surface area (Å²) in [5.74, 6) is 1.30. The number of aliphatic imine (C=N–C) groups is 1. The third kappa shape index (κ3) is 5.45. The lowest BCUT2D eigenvalue weighted by Crippen LogP contribution is -2.54. The van der Waals surface area contributed by atoms with Gasteiger partial charge in [-0.05, 0) is 32.4 Å². The molecule has 0 saturated carbocycles. The molecule has 1 saturated heterocycles. The van der Waals surface area contributed by atoms with Gasteiger partial charge in [-0.3, -0.25) is 0 Å². The van der Waals surface area contributed by atoms with E-state index >= 15 is 0 Å². The maximum atomic E-state index is 10.3. The lowest BCUT2D eigenvalue weighted by molar-refractivity contribution is 0.0524. The molecule has 0 amide bonds. The quantitative estimate of drug-likeness (QED) is 0.605. The van der Waals surface area contributed by atoms with E-state index in [0.29, 0.717) is 12.3 Å². The minimum atomic E-state index is -0.698. The predicted octanol–water partition coefficient (Wildman–Crippen LogP) is 4.68. The van der Waals surface area contributed by atoms with E-state index in [9.17, 15) is 5.11 Å². The highest BCUT2D eigenvalue weighted by Crippen LogP contribution is 2.39. The zero-order chi connectivity index (χ0) is 19.9. The Hall–Kier alpha value is -1.38. The van der Waals surface area contributed by atoms with Crippen molar-refractivity contribution in [1.29, 1.82) is 0 Å². The number of benzene rings is 1. The molecule has 4 rings (SSSR count). The van der Waals surface area contributed by atoms with Crippen LogP contribution >= 0.6 is 36.2 Å². The molecule has 1 aromatic heterocycles. The molecule has 1 aromatic carbocycles. The molecule has 2 aromatic rings. The fourth-order valence-electron chi connectivity index (χ4n) is 3.76. The van der Waals surface area contributed by atoms with Gasteiger partial charge in [0.05, 0.1) is 22.0 Å². The number of rotatable bonds is 3. The molecule has 1 atom stereocenters. The molecule has 2 aliphatic heterocycles. The molecule has 0 radical (unpaired) electrons. The smallest absolute Gasteiger partial charge is 0.158 e. The van der Waals surface area contributed by atoms with Gasteiger partial charge in [0.15, 0.2) is 5.84 Å². The number of thiazole rings is 1. The van der Waals surface area contributed by atoms with Gasteiger partial charge in [-0.1, -0.05) is 26.0 Å². The van der Waals surface area contributed by atoms with Crippen LogP contribution in [0, 0.1) is 0 Å². The van der Waals surface area contributed by atoms with Crippen LogP contribution in [0.5, 0.6) is 0 Å². The molecule has 1 fully saturated rings. The van der Waals surface area contributed by atoms with E-state index in [0.717, 1.165) is 52.5 Å². The second-order valence-corrected chi connectivity index (χ2v) is 9.61. The molecule has 2 aliphatic rings. The Kier molecular flexibility index (Phi) is 8.15. The van der Waals surface area contributed by atoms with Crippen LogP contribution in [0.3, 0.4) is 0 Å². The van der Waals surface area contributed by atoms with Crippen molar-refractivity contribution in [2.24, 2.45) is 4.99 Å². The van der Waals surface area contributed by atoms with E-state index in [-0.39, 0.29) is 30.9 Å². The Morgan fingerprint density at radius 2 is 2.00 bits per heavy atom. The molecular weight excluding hydrogens is 441 g/mol. The Balaban J connectivity index is 0.00000160. The van der Waals surface area contributed by atoms with Crippen molar-refractivity contribution in [3.63, 3.8) is 0 Å². The van der Waals surface area contributed by atoms with Crippen LogP contribution < -0.4 is 10.6 Å². The lowest BCUT2D eigenvalue weighted by atomic mass is 9.97. The van der Waals surface area contributed by atoms with E-state index in [1.165, 1.54) is 0 Å². The van der Waals surface area contributed by atoms with E-state index in [1.54, 1.807) is 11.3 Å². The standard InChI is InChI=1S/C21H29N5OS.2ClH/c1-13(2)19-25-17-18(26-10-9-22-14(12-26)11-21(3,4)27)23-15-7-5-6-8-16(15)24-20(17)28-19;;/h5-8,13-14,22,24,27H,9-12H2,1-4H3;2*1H/t14-;;/m0../s1. The normalized spacial score (nSPS) is 18.3. The summed E-state index contributed by atoms with van der Waals surface area (Å²) in [6.45, 7) is 10.6. The first-order valence-electron chi connectivity index (χ1n) is 9.97. The first-order valence-corrected chi connectivity index (χ1v) is 10.8. The van der Waals surface area contributed by atoms with Crippen LogP contribution in [-0.4, -0.2) is 52.1 Å². The largest absolute Gasteiger partial charge is 0.390 e.